The van der Waals surface area contributed by atoms with E-state index in [-0.39, 0.29) is 24.1 Å². The molecule has 1 atom stereocenters. The molecule has 4 heteroatoms. The molecule has 1 amide bonds. The van der Waals surface area contributed by atoms with Gasteiger partial charge in [0.2, 0.25) is 5.91 Å². The van der Waals surface area contributed by atoms with Crippen molar-refractivity contribution in [2.24, 2.45) is 0 Å². The second kappa shape index (κ2) is 4.71. The molecule has 4 nitrogen and oxygen atoms in total. The summed E-state index contributed by atoms with van der Waals surface area (Å²) in [5.41, 5.74) is 2.53. The van der Waals surface area contributed by atoms with Crippen LogP contribution in [0.15, 0.2) is 24.3 Å². The van der Waals surface area contributed by atoms with Crippen molar-refractivity contribution in [2.75, 3.05) is 0 Å². The van der Waals surface area contributed by atoms with E-state index in [1.54, 1.807) is 0 Å². The summed E-state index contributed by atoms with van der Waals surface area (Å²) < 4.78 is 0. The number of hydrogen-bond donors (Lipinski definition) is 3. The second-order valence-electron chi connectivity index (χ2n) is 5.24. The van der Waals surface area contributed by atoms with E-state index in [4.69, 9.17) is 0 Å². The van der Waals surface area contributed by atoms with Gasteiger partial charge in [0.05, 0.1) is 12.1 Å². The van der Waals surface area contributed by atoms with E-state index in [1.165, 1.54) is 11.1 Å². The Hall–Kier alpha value is -1.39. The zero-order chi connectivity index (χ0) is 12.5. The average molecular weight is 246 g/mol. The summed E-state index contributed by atoms with van der Waals surface area (Å²) in [6, 6.07) is 8.24. The predicted octanol–water partition coefficient (Wildman–Crippen LogP) is 0.340. The molecule has 18 heavy (non-hydrogen) atoms. The van der Waals surface area contributed by atoms with Gasteiger partial charge in [0, 0.05) is 12.6 Å². The lowest BCUT2D eigenvalue weighted by atomic mass is 9.88. The van der Waals surface area contributed by atoms with Gasteiger partial charge in [0.25, 0.3) is 0 Å². The number of carbonyl (C=O) groups excluding carboxylic acids is 1. The summed E-state index contributed by atoms with van der Waals surface area (Å²) in [5.74, 6) is 0.0569. The van der Waals surface area contributed by atoms with E-state index >= 15 is 0 Å². The number of benzene rings is 1. The number of amides is 1. The zero-order valence-electron chi connectivity index (χ0n) is 10.2. The van der Waals surface area contributed by atoms with Gasteiger partial charge >= 0.3 is 0 Å². The van der Waals surface area contributed by atoms with Gasteiger partial charge in [-0.05, 0) is 30.4 Å². The van der Waals surface area contributed by atoms with Gasteiger partial charge in [-0.2, -0.15) is 0 Å². The highest BCUT2D eigenvalue weighted by Gasteiger charge is 2.31. The van der Waals surface area contributed by atoms with Crippen LogP contribution in [0.25, 0.3) is 0 Å². The van der Waals surface area contributed by atoms with Crippen molar-refractivity contribution in [3.63, 3.8) is 0 Å². The minimum Gasteiger partial charge on any atom is -0.393 e. The normalized spacial score (nSPS) is 30.2. The van der Waals surface area contributed by atoms with Gasteiger partial charge in [-0.25, -0.2) is 0 Å². The molecule has 0 unspecified atom stereocenters. The van der Waals surface area contributed by atoms with Crippen LogP contribution in [-0.2, 0) is 17.8 Å². The Labute approximate surface area is 106 Å². The number of fused-ring (bicyclic) bond motifs is 1. The Morgan fingerprint density at radius 2 is 2.00 bits per heavy atom. The largest absolute Gasteiger partial charge is 0.393 e. The van der Waals surface area contributed by atoms with Gasteiger partial charge in [0.15, 0.2) is 0 Å². The SMILES string of the molecule is O=C(NC1CC(O)C1)[C@@H]1Cc2ccccc2CN1. The monoisotopic (exact) mass is 246 g/mol. The number of aliphatic hydroxyl groups is 1. The van der Waals surface area contributed by atoms with E-state index in [0.29, 0.717) is 12.8 Å². The molecule has 0 bridgehead atoms. The second-order valence-corrected chi connectivity index (χ2v) is 5.24. The van der Waals surface area contributed by atoms with Crippen LogP contribution in [0, 0.1) is 0 Å². The average Bonchev–Trinajstić information content (AvgIpc) is 2.36. The van der Waals surface area contributed by atoms with E-state index in [1.807, 2.05) is 12.1 Å². The maximum atomic E-state index is 12.1. The number of hydrogen-bond acceptors (Lipinski definition) is 3. The van der Waals surface area contributed by atoms with Crippen LogP contribution >= 0.6 is 0 Å². The predicted molar refractivity (Wildman–Crippen MR) is 67.9 cm³/mol. The fourth-order valence-corrected chi connectivity index (χ4v) is 2.65. The third kappa shape index (κ3) is 2.26. The minimum atomic E-state index is -0.227. The van der Waals surface area contributed by atoms with Gasteiger partial charge in [-0.1, -0.05) is 24.3 Å². The maximum Gasteiger partial charge on any atom is 0.237 e. The maximum absolute atomic E-state index is 12.1. The van der Waals surface area contributed by atoms with Crippen molar-refractivity contribution in [3.8, 4) is 0 Å². The fourth-order valence-electron chi connectivity index (χ4n) is 2.65. The van der Waals surface area contributed by atoms with Crippen molar-refractivity contribution in [1.82, 2.24) is 10.6 Å². The van der Waals surface area contributed by atoms with Crippen LogP contribution in [0.3, 0.4) is 0 Å². The van der Waals surface area contributed by atoms with E-state index in [0.717, 1.165) is 13.0 Å². The topological polar surface area (TPSA) is 61.4 Å². The summed E-state index contributed by atoms with van der Waals surface area (Å²) >= 11 is 0. The molecule has 3 rings (SSSR count). The molecular formula is C14H18N2O2. The molecule has 0 spiro atoms. The minimum absolute atomic E-state index is 0.0569. The van der Waals surface area contributed by atoms with Crippen LogP contribution < -0.4 is 10.6 Å². The zero-order valence-corrected chi connectivity index (χ0v) is 10.2. The lowest BCUT2D eigenvalue weighted by Crippen LogP contribution is -2.54. The highest BCUT2D eigenvalue weighted by molar-refractivity contribution is 5.82. The lowest BCUT2D eigenvalue weighted by molar-refractivity contribution is -0.125. The van der Waals surface area contributed by atoms with Crippen LogP contribution in [0.1, 0.15) is 24.0 Å². The van der Waals surface area contributed by atoms with Crippen molar-refractivity contribution in [3.05, 3.63) is 35.4 Å². The Kier molecular flexibility index (Phi) is 3.06. The Morgan fingerprint density at radius 3 is 2.72 bits per heavy atom. The third-order valence-corrected chi connectivity index (χ3v) is 3.86. The molecule has 1 saturated carbocycles. The standard InChI is InChI=1S/C14H18N2O2/c17-12-6-11(7-12)16-14(18)13-5-9-3-1-2-4-10(9)8-15-13/h1-4,11-13,15,17H,5-8H2,(H,16,18)/t11?,12?,13-/m0/s1. The first-order valence-corrected chi connectivity index (χ1v) is 6.51. The van der Waals surface area contributed by atoms with E-state index in [2.05, 4.69) is 22.8 Å². The molecule has 1 aliphatic heterocycles. The molecule has 0 radical (unpaired) electrons. The Bertz CT molecular complexity index is 455. The molecule has 0 aromatic heterocycles. The van der Waals surface area contributed by atoms with Crippen LogP contribution in [0.4, 0.5) is 0 Å². The van der Waals surface area contributed by atoms with Gasteiger partial charge in [0.1, 0.15) is 0 Å². The third-order valence-electron chi connectivity index (χ3n) is 3.86. The Balaban J connectivity index is 1.60. The van der Waals surface area contributed by atoms with Crippen molar-refractivity contribution in [1.29, 1.82) is 0 Å². The number of aliphatic hydroxyl groups excluding tert-OH is 1. The van der Waals surface area contributed by atoms with Gasteiger partial charge in [-0.15, -0.1) is 0 Å². The number of carbonyl (C=O) groups is 1. The summed E-state index contributed by atoms with van der Waals surface area (Å²) in [6.45, 7) is 0.752. The summed E-state index contributed by atoms with van der Waals surface area (Å²) in [5, 5.41) is 15.5. The molecule has 1 fully saturated rings. The van der Waals surface area contributed by atoms with Crippen molar-refractivity contribution >= 4 is 5.91 Å². The molecular weight excluding hydrogens is 228 g/mol. The molecule has 0 saturated heterocycles. The first-order valence-electron chi connectivity index (χ1n) is 6.51. The smallest absolute Gasteiger partial charge is 0.237 e. The molecule has 1 aromatic carbocycles. The molecule has 2 aliphatic rings. The van der Waals surface area contributed by atoms with Gasteiger partial charge in [-0.3, -0.25) is 4.79 Å². The first kappa shape index (κ1) is 11.7. The summed E-state index contributed by atoms with van der Waals surface area (Å²) in [7, 11) is 0. The quantitative estimate of drug-likeness (QED) is 0.705. The summed E-state index contributed by atoms with van der Waals surface area (Å²) in [4.78, 5) is 12.1. The molecule has 1 aliphatic carbocycles. The number of nitrogens with one attached hydrogen (secondary N) is 2. The lowest BCUT2D eigenvalue weighted by Gasteiger charge is -2.34. The van der Waals surface area contributed by atoms with Crippen LogP contribution in [-0.4, -0.2) is 29.2 Å². The van der Waals surface area contributed by atoms with E-state index in [9.17, 15) is 9.90 Å². The molecule has 1 heterocycles. The van der Waals surface area contributed by atoms with Gasteiger partial charge < -0.3 is 15.7 Å². The fraction of sp³-hybridized carbons (Fsp3) is 0.500. The molecule has 96 valence electrons. The molecule has 1 aromatic rings. The van der Waals surface area contributed by atoms with Crippen molar-refractivity contribution < 1.29 is 9.90 Å². The van der Waals surface area contributed by atoms with Crippen LogP contribution in [0.5, 0.6) is 0 Å². The Morgan fingerprint density at radius 1 is 1.28 bits per heavy atom. The summed E-state index contributed by atoms with van der Waals surface area (Å²) in [6.07, 6.45) is 1.90. The van der Waals surface area contributed by atoms with Crippen molar-refractivity contribution in [2.45, 2.75) is 44.0 Å². The highest BCUT2D eigenvalue weighted by atomic mass is 16.3. The first-order chi connectivity index (χ1) is 8.72. The van der Waals surface area contributed by atoms with Crippen LogP contribution in [0.2, 0.25) is 0 Å². The highest BCUT2D eigenvalue weighted by Crippen LogP contribution is 2.20. The number of rotatable bonds is 2. The molecule has 3 N–H and O–H groups in total. The van der Waals surface area contributed by atoms with E-state index < -0.39 is 0 Å².